The molecule has 0 saturated heterocycles. The van der Waals surface area contributed by atoms with Crippen molar-refractivity contribution in [1.29, 1.82) is 0 Å². The van der Waals surface area contributed by atoms with E-state index in [2.05, 4.69) is 33.4 Å². The molecule has 0 N–H and O–H groups in total. The lowest BCUT2D eigenvalue weighted by Crippen LogP contribution is -2.06. The summed E-state index contributed by atoms with van der Waals surface area (Å²) in [6.45, 7) is 8.99. The van der Waals surface area contributed by atoms with Gasteiger partial charge in [0.05, 0.1) is 0 Å². The van der Waals surface area contributed by atoms with Gasteiger partial charge in [0.15, 0.2) is 0 Å². The Bertz CT molecular complexity index is 124. The molecule has 0 aromatic heterocycles. The van der Waals surface area contributed by atoms with Crippen LogP contribution >= 0.6 is 7.92 Å². The Balaban J connectivity index is 4.06. The van der Waals surface area contributed by atoms with Crippen LogP contribution in [-0.4, -0.2) is 11.3 Å². The molecule has 0 nitrogen and oxygen atoms in total. The summed E-state index contributed by atoms with van der Waals surface area (Å²) in [6, 6.07) is 0. The van der Waals surface area contributed by atoms with Gasteiger partial charge in [-0.3, -0.25) is 0 Å². The van der Waals surface area contributed by atoms with E-state index in [0.29, 0.717) is 0 Å². The summed E-state index contributed by atoms with van der Waals surface area (Å²) in [4.78, 5) is 0. The highest BCUT2D eigenvalue weighted by Gasteiger charge is 2.17. The lowest BCUT2D eigenvalue weighted by atomic mass is 10.4. The molecule has 0 spiro atoms. The van der Waals surface area contributed by atoms with Crippen molar-refractivity contribution in [2.75, 3.05) is 0 Å². The Hall–Kier alpha value is -0.0100. The van der Waals surface area contributed by atoms with Crippen molar-refractivity contribution in [2.45, 2.75) is 51.9 Å². The van der Waals surface area contributed by atoms with Gasteiger partial charge in [-0.2, -0.15) is 0 Å². The zero-order chi connectivity index (χ0) is 8.85. The van der Waals surface area contributed by atoms with Crippen LogP contribution in [0.2, 0.25) is 0 Å². The van der Waals surface area contributed by atoms with Crippen molar-refractivity contribution in [2.24, 2.45) is 0 Å². The summed E-state index contributed by atoms with van der Waals surface area (Å²) < 4.78 is 0. The van der Waals surface area contributed by atoms with Gasteiger partial charge >= 0.3 is 0 Å². The van der Waals surface area contributed by atoms with Crippen LogP contribution in [0.5, 0.6) is 0 Å². The van der Waals surface area contributed by atoms with Gasteiger partial charge < -0.3 is 0 Å². The Labute approximate surface area is 72.5 Å². The summed E-state index contributed by atoms with van der Waals surface area (Å²) in [5.41, 5.74) is 4.45. The van der Waals surface area contributed by atoms with Crippen LogP contribution in [0.25, 0.3) is 0 Å². The summed E-state index contributed by atoms with van der Waals surface area (Å²) in [5, 5.41) is 0. The summed E-state index contributed by atoms with van der Waals surface area (Å²) in [7, 11) is -0.153. The summed E-state index contributed by atoms with van der Waals surface area (Å²) >= 11 is 0. The van der Waals surface area contributed by atoms with E-state index in [1.165, 1.54) is 12.8 Å². The fourth-order valence-corrected chi connectivity index (χ4v) is 3.25. The normalized spacial score (nSPS) is 18.5. The molecule has 1 heteroatoms. The molecule has 0 bridgehead atoms. The van der Waals surface area contributed by atoms with Crippen molar-refractivity contribution in [1.82, 2.24) is 0 Å². The van der Waals surface area contributed by atoms with E-state index in [1.54, 1.807) is 0 Å². The monoisotopic (exact) mass is 170 g/mol. The molecule has 0 fully saturated rings. The van der Waals surface area contributed by atoms with Crippen molar-refractivity contribution in [3.8, 4) is 12.1 Å². The Morgan fingerprint density at radius 3 is 1.73 bits per heavy atom. The minimum Gasteiger partial charge on any atom is -0.115 e. The molecule has 2 atom stereocenters. The minimum atomic E-state index is -0.153. The van der Waals surface area contributed by atoms with Gasteiger partial charge in [0.2, 0.25) is 0 Å². The van der Waals surface area contributed by atoms with Gasteiger partial charge in [-0.05, 0) is 32.1 Å². The van der Waals surface area contributed by atoms with Crippen LogP contribution in [0.4, 0.5) is 0 Å². The second-order valence-corrected chi connectivity index (χ2v) is 5.89. The van der Waals surface area contributed by atoms with Crippen LogP contribution < -0.4 is 0 Å². The molecule has 11 heavy (non-hydrogen) atoms. The zero-order valence-electron chi connectivity index (χ0n) is 8.09. The highest BCUT2D eigenvalue weighted by molar-refractivity contribution is 7.64. The lowest BCUT2D eigenvalue weighted by Gasteiger charge is -2.23. The molecule has 0 aromatic rings. The first-order valence-electron chi connectivity index (χ1n) is 4.41. The quantitative estimate of drug-likeness (QED) is 0.446. The maximum Gasteiger partial charge on any atom is -0.0126 e. The van der Waals surface area contributed by atoms with E-state index in [4.69, 9.17) is 6.42 Å². The summed E-state index contributed by atoms with van der Waals surface area (Å²) in [5.74, 6) is 0. The molecule has 0 radical (unpaired) electrons. The molecule has 2 unspecified atom stereocenters. The summed E-state index contributed by atoms with van der Waals surface area (Å²) in [6.07, 6.45) is 7.95. The van der Waals surface area contributed by atoms with Gasteiger partial charge in [0.1, 0.15) is 0 Å². The molecule has 0 aliphatic carbocycles. The lowest BCUT2D eigenvalue weighted by molar-refractivity contribution is 0.841. The van der Waals surface area contributed by atoms with Crippen LogP contribution in [0.15, 0.2) is 0 Å². The second-order valence-electron chi connectivity index (χ2n) is 3.05. The van der Waals surface area contributed by atoms with Gasteiger partial charge in [0, 0.05) is 0 Å². The molecule has 0 amide bonds. The van der Waals surface area contributed by atoms with Crippen molar-refractivity contribution >= 4 is 7.92 Å². The number of terminal acetylenes is 1. The van der Waals surface area contributed by atoms with Crippen LogP contribution in [-0.2, 0) is 0 Å². The largest absolute Gasteiger partial charge is 0.115 e. The third-order valence-electron chi connectivity index (χ3n) is 2.28. The van der Waals surface area contributed by atoms with Crippen LogP contribution in [0.3, 0.4) is 0 Å². The highest BCUT2D eigenvalue weighted by Crippen LogP contribution is 2.47. The standard InChI is InChI=1S/C10H19P/c1-6-9(4)11(8-3)10(5)7-2/h3,9-10H,6-7H2,1-2,4-5H3. The third kappa shape index (κ3) is 3.26. The average molecular weight is 170 g/mol. The smallest absolute Gasteiger partial charge is 0.0126 e. The van der Waals surface area contributed by atoms with E-state index in [9.17, 15) is 0 Å². The molecule has 0 aromatic carbocycles. The number of rotatable bonds is 4. The molecule has 0 rings (SSSR count). The molecule has 0 saturated carbocycles. The second kappa shape index (κ2) is 5.62. The maximum absolute atomic E-state index is 5.50. The predicted octanol–water partition coefficient (Wildman–Crippen LogP) is 3.66. The molecule has 64 valence electrons. The predicted molar refractivity (Wildman–Crippen MR) is 55.3 cm³/mol. The Morgan fingerprint density at radius 2 is 1.55 bits per heavy atom. The first-order chi connectivity index (χ1) is 5.17. The number of hydrogen-bond donors (Lipinski definition) is 0. The molecular weight excluding hydrogens is 151 g/mol. The topological polar surface area (TPSA) is 0 Å². The zero-order valence-corrected chi connectivity index (χ0v) is 8.99. The van der Waals surface area contributed by atoms with Crippen LogP contribution in [0.1, 0.15) is 40.5 Å². The number of hydrogen-bond acceptors (Lipinski definition) is 0. The first-order valence-corrected chi connectivity index (χ1v) is 5.89. The van der Waals surface area contributed by atoms with Crippen molar-refractivity contribution < 1.29 is 0 Å². The van der Waals surface area contributed by atoms with E-state index in [1.807, 2.05) is 0 Å². The van der Waals surface area contributed by atoms with Crippen molar-refractivity contribution in [3.05, 3.63) is 0 Å². The fraction of sp³-hybridized carbons (Fsp3) is 0.800. The minimum absolute atomic E-state index is 0.153. The molecule has 0 aliphatic rings. The van der Waals surface area contributed by atoms with E-state index < -0.39 is 0 Å². The Morgan fingerprint density at radius 1 is 1.18 bits per heavy atom. The first kappa shape index (κ1) is 11.0. The van der Waals surface area contributed by atoms with E-state index in [-0.39, 0.29) is 7.92 Å². The maximum atomic E-state index is 5.50. The van der Waals surface area contributed by atoms with Gasteiger partial charge in [0.25, 0.3) is 0 Å². The molecule has 0 aliphatic heterocycles. The van der Waals surface area contributed by atoms with Crippen molar-refractivity contribution in [3.63, 3.8) is 0 Å². The molecular formula is C10H19P. The third-order valence-corrected chi connectivity index (χ3v) is 5.21. The fourth-order valence-electron chi connectivity index (χ4n) is 1.08. The van der Waals surface area contributed by atoms with Gasteiger partial charge in [-0.25, -0.2) is 0 Å². The Kier molecular flexibility index (Phi) is 5.61. The SMILES string of the molecule is C#CP(C(C)CC)C(C)CC. The van der Waals surface area contributed by atoms with E-state index >= 15 is 0 Å². The average Bonchev–Trinajstić information content (AvgIpc) is 2.05. The van der Waals surface area contributed by atoms with Gasteiger partial charge in [-0.15, -0.1) is 6.42 Å². The molecule has 0 heterocycles. The van der Waals surface area contributed by atoms with E-state index in [0.717, 1.165) is 11.3 Å². The highest BCUT2D eigenvalue weighted by atomic mass is 31.1. The van der Waals surface area contributed by atoms with Gasteiger partial charge in [-0.1, -0.05) is 33.4 Å². The van der Waals surface area contributed by atoms with Crippen LogP contribution in [0, 0.1) is 12.1 Å².